The van der Waals surface area contributed by atoms with Crippen molar-refractivity contribution in [1.82, 2.24) is 15.0 Å². The van der Waals surface area contributed by atoms with Gasteiger partial charge in [-0.25, -0.2) is 27.7 Å². The zero-order valence-corrected chi connectivity index (χ0v) is 23.9. The molecule has 39 heavy (non-hydrogen) atoms. The van der Waals surface area contributed by atoms with Crippen LogP contribution in [0, 0.1) is 0 Å². The van der Waals surface area contributed by atoms with E-state index in [-0.39, 0.29) is 11.6 Å². The Bertz CT molecular complexity index is 1650. The first kappa shape index (κ1) is 27.3. The number of rotatable bonds is 7. The SMILES string of the molecule is COc1ncc(-c2nc(N3CCOCC3)nc3c(Cc4ccccc4Cl)csc23)cc1N(C(C)=O)S(C)(=O)=O. The van der Waals surface area contributed by atoms with E-state index < -0.39 is 15.9 Å². The molecule has 5 rings (SSSR count). The van der Waals surface area contributed by atoms with Crippen LogP contribution in [0.15, 0.2) is 41.9 Å². The summed E-state index contributed by atoms with van der Waals surface area (Å²) in [7, 11) is -2.59. The van der Waals surface area contributed by atoms with Crippen LogP contribution in [0.4, 0.5) is 11.6 Å². The highest BCUT2D eigenvalue weighted by molar-refractivity contribution is 7.92. The number of methoxy groups -OCH3 is 1. The number of morpholine rings is 1. The predicted molar refractivity (Wildman–Crippen MR) is 152 cm³/mol. The second-order valence-corrected chi connectivity index (χ2v) is 12.1. The number of aromatic nitrogens is 3. The number of benzene rings is 1. The first-order valence-electron chi connectivity index (χ1n) is 12.1. The van der Waals surface area contributed by atoms with Gasteiger partial charge in [0.15, 0.2) is 0 Å². The minimum Gasteiger partial charge on any atom is -0.479 e. The fraction of sp³-hybridized carbons (Fsp3) is 0.308. The summed E-state index contributed by atoms with van der Waals surface area (Å²) >= 11 is 7.94. The fourth-order valence-electron chi connectivity index (χ4n) is 4.48. The summed E-state index contributed by atoms with van der Waals surface area (Å²) in [6.45, 7) is 3.55. The maximum absolute atomic E-state index is 12.5. The molecular formula is C26H26ClN5O5S2. The van der Waals surface area contributed by atoms with Gasteiger partial charge in [0.2, 0.25) is 27.8 Å². The number of thiophene rings is 1. The molecule has 10 nitrogen and oxygen atoms in total. The van der Waals surface area contributed by atoms with Crippen LogP contribution in [0.3, 0.4) is 0 Å². The highest BCUT2D eigenvalue weighted by Gasteiger charge is 2.28. The van der Waals surface area contributed by atoms with Gasteiger partial charge < -0.3 is 14.4 Å². The summed E-state index contributed by atoms with van der Waals surface area (Å²) in [5.74, 6) is -0.151. The standard InChI is InChI=1S/C26H26ClN5O5S2/c1-16(33)32(39(3,34)35)21-13-18(14-28-25(21)36-2)22-24-23(30-26(29-22)31-8-10-37-11-9-31)19(15-38-24)12-17-6-4-5-7-20(17)27/h4-7,13-15H,8-12H2,1-3H3. The molecular weight excluding hydrogens is 562 g/mol. The third kappa shape index (κ3) is 5.55. The van der Waals surface area contributed by atoms with E-state index in [9.17, 15) is 13.2 Å². The van der Waals surface area contributed by atoms with Crippen molar-refractivity contribution in [3.63, 3.8) is 0 Å². The molecule has 1 fully saturated rings. The third-order valence-electron chi connectivity index (χ3n) is 6.25. The molecule has 1 amide bonds. The molecule has 3 aromatic heterocycles. The van der Waals surface area contributed by atoms with E-state index in [1.807, 2.05) is 29.6 Å². The van der Waals surface area contributed by atoms with Crippen LogP contribution in [0.25, 0.3) is 21.5 Å². The van der Waals surface area contributed by atoms with E-state index in [2.05, 4.69) is 9.88 Å². The number of hydrogen-bond donors (Lipinski definition) is 0. The Balaban J connectivity index is 1.71. The van der Waals surface area contributed by atoms with Crippen molar-refractivity contribution in [3.05, 3.63) is 58.1 Å². The van der Waals surface area contributed by atoms with Crippen LogP contribution in [0.5, 0.6) is 5.88 Å². The molecule has 13 heteroatoms. The molecule has 4 heterocycles. The molecule has 1 aromatic carbocycles. The molecule has 0 radical (unpaired) electrons. The van der Waals surface area contributed by atoms with Gasteiger partial charge in [-0.15, -0.1) is 11.3 Å². The summed E-state index contributed by atoms with van der Waals surface area (Å²) in [6, 6.07) is 9.24. The molecule has 4 aromatic rings. The number of carbonyl (C=O) groups is 1. The molecule has 1 aliphatic rings. The Kier molecular flexibility index (Phi) is 7.72. The van der Waals surface area contributed by atoms with Gasteiger partial charge >= 0.3 is 0 Å². The Labute approximate surface area is 235 Å². The van der Waals surface area contributed by atoms with Crippen LogP contribution < -0.4 is 13.9 Å². The van der Waals surface area contributed by atoms with Gasteiger partial charge in [-0.05, 0) is 28.6 Å². The summed E-state index contributed by atoms with van der Waals surface area (Å²) in [6.07, 6.45) is 3.10. The molecule has 0 saturated carbocycles. The number of nitrogens with zero attached hydrogens (tertiary/aromatic N) is 5. The second kappa shape index (κ2) is 11.0. The van der Waals surface area contributed by atoms with Gasteiger partial charge in [0.1, 0.15) is 5.69 Å². The zero-order chi connectivity index (χ0) is 27.7. The van der Waals surface area contributed by atoms with Crippen LogP contribution in [-0.4, -0.2) is 68.9 Å². The quantitative estimate of drug-likeness (QED) is 0.314. The van der Waals surface area contributed by atoms with E-state index in [0.717, 1.165) is 27.6 Å². The number of sulfonamides is 1. The van der Waals surface area contributed by atoms with Gasteiger partial charge in [-0.3, -0.25) is 4.79 Å². The predicted octanol–water partition coefficient (Wildman–Crippen LogP) is 4.16. The number of fused-ring (bicyclic) bond motifs is 1. The Morgan fingerprint density at radius 1 is 1.21 bits per heavy atom. The van der Waals surface area contributed by atoms with E-state index >= 15 is 0 Å². The Hall–Kier alpha value is -3.32. The average molecular weight is 588 g/mol. The van der Waals surface area contributed by atoms with E-state index in [4.69, 9.17) is 31.0 Å². The van der Waals surface area contributed by atoms with E-state index in [1.54, 1.807) is 12.3 Å². The summed E-state index contributed by atoms with van der Waals surface area (Å²) < 4.78 is 37.4. The lowest BCUT2D eigenvalue weighted by atomic mass is 10.1. The Morgan fingerprint density at radius 2 is 1.95 bits per heavy atom. The van der Waals surface area contributed by atoms with Crippen LogP contribution in [-0.2, 0) is 26.0 Å². The molecule has 1 saturated heterocycles. The number of anilines is 2. The monoisotopic (exact) mass is 587 g/mol. The minimum atomic E-state index is -3.95. The number of hydrogen-bond acceptors (Lipinski definition) is 10. The molecule has 1 aliphatic heterocycles. The van der Waals surface area contributed by atoms with Crippen LogP contribution in [0.1, 0.15) is 18.1 Å². The zero-order valence-electron chi connectivity index (χ0n) is 21.5. The topological polar surface area (TPSA) is 115 Å². The molecule has 0 unspecified atom stereocenters. The first-order chi connectivity index (χ1) is 18.7. The number of halogens is 1. The lowest BCUT2D eigenvalue weighted by Crippen LogP contribution is -2.37. The van der Waals surface area contributed by atoms with Crippen molar-refractivity contribution < 1.29 is 22.7 Å². The fourth-order valence-corrected chi connectivity index (χ4v) is 6.66. The molecule has 204 valence electrons. The van der Waals surface area contributed by atoms with Gasteiger partial charge in [-0.2, -0.15) is 0 Å². The maximum atomic E-state index is 12.5. The summed E-state index contributed by atoms with van der Waals surface area (Å²) in [5.41, 5.74) is 3.85. The van der Waals surface area contributed by atoms with Gasteiger partial charge in [-0.1, -0.05) is 29.8 Å². The highest BCUT2D eigenvalue weighted by Crippen LogP contribution is 2.39. The van der Waals surface area contributed by atoms with Crippen molar-refractivity contribution in [2.24, 2.45) is 0 Å². The molecule has 0 spiro atoms. The van der Waals surface area contributed by atoms with Crippen molar-refractivity contribution in [1.29, 1.82) is 0 Å². The molecule has 0 aliphatic carbocycles. The van der Waals surface area contributed by atoms with Gasteiger partial charge in [0.05, 0.1) is 42.5 Å². The number of pyridine rings is 1. The van der Waals surface area contributed by atoms with Gasteiger partial charge in [0.25, 0.3) is 0 Å². The summed E-state index contributed by atoms with van der Waals surface area (Å²) in [5, 5.41) is 2.71. The average Bonchev–Trinajstić information content (AvgIpc) is 3.31. The highest BCUT2D eigenvalue weighted by atomic mass is 35.5. The van der Waals surface area contributed by atoms with Gasteiger partial charge in [0, 0.05) is 43.2 Å². The van der Waals surface area contributed by atoms with Crippen molar-refractivity contribution in [2.45, 2.75) is 13.3 Å². The second-order valence-electron chi connectivity index (χ2n) is 8.98. The molecule has 0 N–H and O–H groups in total. The summed E-state index contributed by atoms with van der Waals surface area (Å²) in [4.78, 5) is 28.6. The van der Waals surface area contributed by atoms with Crippen molar-refractivity contribution >= 4 is 60.7 Å². The smallest absolute Gasteiger partial charge is 0.238 e. The lowest BCUT2D eigenvalue weighted by molar-refractivity contribution is -0.115. The normalized spacial score (nSPS) is 14.0. The van der Waals surface area contributed by atoms with Crippen molar-refractivity contribution in [2.75, 3.05) is 48.9 Å². The molecule has 0 bridgehead atoms. The van der Waals surface area contributed by atoms with Crippen molar-refractivity contribution in [3.8, 4) is 17.1 Å². The molecule has 0 atom stereocenters. The van der Waals surface area contributed by atoms with Crippen LogP contribution >= 0.6 is 22.9 Å². The van der Waals surface area contributed by atoms with E-state index in [0.29, 0.717) is 59.3 Å². The lowest BCUT2D eigenvalue weighted by Gasteiger charge is -2.27. The maximum Gasteiger partial charge on any atom is 0.238 e. The number of carbonyl (C=O) groups excluding carboxylic acids is 1. The number of ether oxygens (including phenoxy) is 2. The van der Waals surface area contributed by atoms with Crippen LogP contribution in [0.2, 0.25) is 5.02 Å². The Morgan fingerprint density at radius 3 is 2.62 bits per heavy atom. The number of amides is 1. The minimum absolute atomic E-state index is 0.00339. The third-order valence-corrected chi connectivity index (χ3v) is 8.76. The van der Waals surface area contributed by atoms with E-state index in [1.165, 1.54) is 25.4 Å². The first-order valence-corrected chi connectivity index (χ1v) is 15.2. The largest absolute Gasteiger partial charge is 0.479 e.